The monoisotopic (exact) mass is 418 g/mol. The molecule has 2 aromatic carbocycles. The molecular formula is C22H32N3O3S+. The lowest BCUT2D eigenvalue weighted by molar-refractivity contribution is -0.885. The first-order valence-electron chi connectivity index (χ1n) is 9.74. The maximum absolute atomic E-state index is 12.2. The lowest BCUT2D eigenvalue weighted by Gasteiger charge is -2.19. The van der Waals surface area contributed by atoms with E-state index in [0.717, 1.165) is 17.0 Å². The van der Waals surface area contributed by atoms with E-state index in [1.807, 2.05) is 7.05 Å². The molecular weight excluding hydrogens is 386 g/mol. The summed E-state index contributed by atoms with van der Waals surface area (Å²) in [6.45, 7) is 8.26. The molecule has 4 N–H and O–H groups in total. The van der Waals surface area contributed by atoms with Crippen LogP contribution in [-0.4, -0.2) is 34.5 Å². The van der Waals surface area contributed by atoms with Crippen molar-refractivity contribution in [1.82, 2.24) is 5.32 Å². The Morgan fingerprint density at radius 3 is 2.07 bits per heavy atom. The van der Waals surface area contributed by atoms with Crippen molar-refractivity contribution in [2.24, 2.45) is 5.14 Å². The zero-order chi connectivity index (χ0) is 21.7. The topological polar surface area (TPSA) is 93.7 Å². The van der Waals surface area contributed by atoms with Crippen LogP contribution in [0.3, 0.4) is 0 Å². The Labute approximate surface area is 174 Å². The van der Waals surface area contributed by atoms with E-state index < -0.39 is 10.0 Å². The van der Waals surface area contributed by atoms with Crippen LogP contribution in [0.4, 0.5) is 0 Å². The molecule has 1 atom stereocenters. The molecule has 158 valence electrons. The van der Waals surface area contributed by atoms with Crippen LogP contribution in [0.2, 0.25) is 0 Å². The van der Waals surface area contributed by atoms with Crippen molar-refractivity contribution in [3.8, 4) is 0 Å². The number of primary sulfonamides is 1. The molecule has 2 aromatic rings. The van der Waals surface area contributed by atoms with Gasteiger partial charge in [0.15, 0.2) is 6.54 Å². The minimum absolute atomic E-state index is 0.00466. The third-order valence-corrected chi connectivity index (χ3v) is 5.71. The van der Waals surface area contributed by atoms with E-state index in [1.165, 1.54) is 23.3 Å². The van der Waals surface area contributed by atoms with Gasteiger partial charge in [0.1, 0.15) is 6.54 Å². The maximum Gasteiger partial charge on any atom is 0.275 e. The highest BCUT2D eigenvalue weighted by atomic mass is 32.2. The Kier molecular flexibility index (Phi) is 7.57. The average Bonchev–Trinajstić information content (AvgIpc) is 2.61. The number of hydrogen-bond donors (Lipinski definition) is 3. The molecule has 0 fully saturated rings. The van der Waals surface area contributed by atoms with Crippen LogP contribution in [-0.2, 0) is 33.2 Å². The molecule has 6 nitrogen and oxygen atoms in total. The molecule has 0 aliphatic heterocycles. The minimum atomic E-state index is -3.68. The van der Waals surface area contributed by atoms with Crippen LogP contribution in [0.5, 0.6) is 0 Å². The van der Waals surface area contributed by atoms with Crippen molar-refractivity contribution < 1.29 is 18.1 Å². The van der Waals surface area contributed by atoms with E-state index >= 15 is 0 Å². The summed E-state index contributed by atoms with van der Waals surface area (Å²) in [5.41, 5.74) is 3.58. The smallest absolute Gasteiger partial charge is 0.275 e. The van der Waals surface area contributed by atoms with E-state index in [9.17, 15) is 13.2 Å². The van der Waals surface area contributed by atoms with Crippen molar-refractivity contribution in [2.75, 3.05) is 20.1 Å². The van der Waals surface area contributed by atoms with Gasteiger partial charge in [-0.15, -0.1) is 0 Å². The molecule has 0 aliphatic rings. The largest absolute Gasteiger partial charge is 0.351 e. The van der Waals surface area contributed by atoms with Crippen LogP contribution in [0.25, 0.3) is 0 Å². The minimum Gasteiger partial charge on any atom is -0.351 e. The number of nitrogens with two attached hydrogens (primary N) is 1. The molecule has 0 radical (unpaired) electrons. The first kappa shape index (κ1) is 23.1. The van der Waals surface area contributed by atoms with Crippen molar-refractivity contribution in [2.45, 2.75) is 44.0 Å². The zero-order valence-corrected chi connectivity index (χ0v) is 18.5. The highest BCUT2D eigenvalue weighted by molar-refractivity contribution is 7.89. The number of nitrogens with one attached hydrogen (secondary N) is 2. The van der Waals surface area contributed by atoms with E-state index in [4.69, 9.17) is 5.14 Å². The molecule has 0 aromatic heterocycles. The standard InChI is InChI=1S/C22H31N3O3S/c1-22(2,3)19-9-5-18(6-10-19)15-25(4)16-21(26)24-14-13-17-7-11-20(12-8-17)29(23,27)28/h5-12H,13-16H2,1-4H3,(H,24,26)(H2,23,27,28)/p+1. The SMILES string of the molecule is C[NH+](CC(=O)NCCc1ccc(S(N)(=O)=O)cc1)Cc1ccc(C(C)(C)C)cc1. The fraction of sp³-hybridized carbons (Fsp3) is 0.409. The van der Waals surface area contributed by atoms with Gasteiger partial charge in [-0.1, -0.05) is 57.2 Å². The molecule has 1 unspecified atom stereocenters. The van der Waals surface area contributed by atoms with Gasteiger partial charge in [0.25, 0.3) is 5.91 Å². The number of rotatable bonds is 8. The zero-order valence-electron chi connectivity index (χ0n) is 17.7. The normalized spacial score (nSPS) is 13.1. The van der Waals surface area contributed by atoms with Gasteiger partial charge in [0, 0.05) is 12.1 Å². The van der Waals surface area contributed by atoms with Crippen LogP contribution in [0, 0.1) is 0 Å². The van der Waals surface area contributed by atoms with E-state index in [0.29, 0.717) is 19.5 Å². The van der Waals surface area contributed by atoms with Crippen LogP contribution >= 0.6 is 0 Å². The summed E-state index contributed by atoms with van der Waals surface area (Å²) in [4.78, 5) is 13.4. The predicted molar refractivity (Wildman–Crippen MR) is 115 cm³/mol. The molecule has 0 saturated heterocycles. The molecule has 0 saturated carbocycles. The highest BCUT2D eigenvalue weighted by Gasteiger charge is 2.14. The first-order chi connectivity index (χ1) is 13.4. The summed E-state index contributed by atoms with van der Waals surface area (Å²) < 4.78 is 22.5. The van der Waals surface area contributed by atoms with Gasteiger partial charge in [-0.25, -0.2) is 13.6 Å². The number of benzene rings is 2. The number of carbonyl (C=O) groups excluding carboxylic acids is 1. The Bertz CT molecular complexity index is 915. The quantitative estimate of drug-likeness (QED) is 0.597. The molecule has 0 aliphatic carbocycles. The molecule has 0 spiro atoms. The second kappa shape index (κ2) is 9.52. The van der Waals surface area contributed by atoms with Crippen molar-refractivity contribution in [1.29, 1.82) is 0 Å². The number of quaternary nitrogens is 1. The second-order valence-electron chi connectivity index (χ2n) is 8.55. The number of hydrogen-bond acceptors (Lipinski definition) is 3. The summed E-state index contributed by atoms with van der Waals surface area (Å²) in [6.07, 6.45) is 0.629. The van der Waals surface area contributed by atoms with Crippen LogP contribution < -0.4 is 15.4 Å². The van der Waals surface area contributed by atoms with Gasteiger partial charge in [-0.2, -0.15) is 0 Å². The van der Waals surface area contributed by atoms with E-state index in [1.54, 1.807) is 12.1 Å². The summed E-state index contributed by atoms with van der Waals surface area (Å²) in [5, 5.41) is 8.01. The van der Waals surface area contributed by atoms with Gasteiger partial charge < -0.3 is 10.2 Å². The van der Waals surface area contributed by atoms with Crippen LogP contribution in [0.15, 0.2) is 53.4 Å². The van der Waals surface area contributed by atoms with Crippen LogP contribution in [0.1, 0.15) is 37.5 Å². The van der Waals surface area contributed by atoms with Gasteiger partial charge in [-0.3, -0.25) is 4.79 Å². The first-order valence-corrected chi connectivity index (χ1v) is 11.3. The van der Waals surface area contributed by atoms with Gasteiger partial charge in [0.05, 0.1) is 11.9 Å². The Morgan fingerprint density at radius 2 is 1.55 bits per heavy atom. The average molecular weight is 419 g/mol. The Balaban J connectivity index is 1.76. The highest BCUT2D eigenvalue weighted by Crippen LogP contribution is 2.21. The lowest BCUT2D eigenvalue weighted by atomic mass is 9.87. The molecule has 29 heavy (non-hydrogen) atoms. The van der Waals surface area contributed by atoms with Gasteiger partial charge in [-0.05, 0) is 35.1 Å². The van der Waals surface area contributed by atoms with Gasteiger partial charge in [0.2, 0.25) is 10.0 Å². The number of carbonyl (C=O) groups is 1. The lowest BCUT2D eigenvalue weighted by Crippen LogP contribution is -3.08. The Morgan fingerprint density at radius 1 is 1.00 bits per heavy atom. The summed E-state index contributed by atoms with van der Waals surface area (Å²) in [6, 6.07) is 15.0. The van der Waals surface area contributed by atoms with Crippen molar-refractivity contribution in [3.63, 3.8) is 0 Å². The third-order valence-electron chi connectivity index (χ3n) is 4.78. The summed E-state index contributed by atoms with van der Waals surface area (Å²) in [7, 11) is -1.67. The van der Waals surface area contributed by atoms with Gasteiger partial charge >= 0.3 is 0 Å². The molecule has 0 bridgehead atoms. The molecule has 0 heterocycles. The predicted octanol–water partition coefficient (Wildman–Crippen LogP) is 1.01. The molecule has 7 heteroatoms. The maximum atomic E-state index is 12.2. The summed E-state index contributed by atoms with van der Waals surface area (Å²) >= 11 is 0. The molecule has 1 amide bonds. The van der Waals surface area contributed by atoms with Crippen molar-refractivity contribution >= 4 is 15.9 Å². The number of sulfonamides is 1. The van der Waals surface area contributed by atoms with Crippen molar-refractivity contribution in [3.05, 3.63) is 65.2 Å². The Hall–Kier alpha value is -2.22. The number of likely N-dealkylation sites (N-methyl/N-ethyl adjacent to an activating group) is 1. The second-order valence-corrected chi connectivity index (χ2v) is 10.1. The van der Waals surface area contributed by atoms with E-state index in [2.05, 4.69) is 50.4 Å². The van der Waals surface area contributed by atoms with E-state index in [-0.39, 0.29) is 16.2 Å². The summed E-state index contributed by atoms with van der Waals surface area (Å²) in [5.74, 6) is -0.00466. The molecule has 2 rings (SSSR count). The third kappa shape index (κ3) is 7.61. The fourth-order valence-electron chi connectivity index (χ4n) is 3.06. The fourth-order valence-corrected chi connectivity index (χ4v) is 3.58. The number of amides is 1.